The molecule has 3 nitrogen and oxygen atoms in total. The Balaban J connectivity index is 1.28. The predicted octanol–water partition coefficient (Wildman–Crippen LogP) is 12.9. The summed E-state index contributed by atoms with van der Waals surface area (Å²) in [5.41, 5.74) is 14.1. The first kappa shape index (κ1) is 27.1. The Bertz CT molecular complexity index is 2700. The van der Waals surface area contributed by atoms with Crippen LogP contribution in [0, 0.1) is 0 Å². The van der Waals surface area contributed by atoms with E-state index in [4.69, 9.17) is 8.83 Å². The average Bonchev–Trinajstić information content (AvgIpc) is 3.77. The number of hydrogen-bond donors (Lipinski definition) is 0. The Morgan fingerprint density at radius 2 is 1.15 bits per heavy atom. The summed E-state index contributed by atoms with van der Waals surface area (Å²) in [6.07, 6.45) is 0. The Kier molecular flexibility index (Phi) is 5.63. The minimum absolute atomic E-state index is 0.117. The fourth-order valence-electron chi connectivity index (χ4n) is 8.04. The lowest BCUT2D eigenvalue weighted by Crippen LogP contribution is -2.16. The van der Waals surface area contributed by atoms with Crippen LogP contribution in [-0.4, -0.2) is 0 Å². The number of anilines is 3. The van der Waals surface area contributed by atoms with E-state index in [0.717, 1.165) is 72.1 Å². The molecule has 0 atom stereocenters. The van der Waals surface area contributed by atoms with Gasteiger partial charge in [-0.2, -0.15) is 0 Å². The molecular weight excluding hydrogens is 587 g/mol. The van der Waals surface area contributed by atoms with E-state index < -0.39 is 0 Å². The third kappa shape index (κ3) is 3.76. The van der Waals surface area contributed by atoms with Crippen molar-refractivity contribution in [3.8, 4) is 22.3 Å². The lowest BCUT2D eigenvalue weighted by atomic mass is 9.82. The van der Waals surface area contributed by atoms with Crippen molar-refractivity contribution in [3.05, 3.63) is 163 Å². The highest BCUT2D eigenvalue weighted by molar-refractivity contribution is 6.27. The van der Waals surface area contributed by atoms with Gasteiger partial charge in [0.25, 0.3) is 0 Å². The first-order valence-electron chi connectivity index (χ1n) is 16.5. The molecule has 0 radical (unpaired) electrons. The summed E-state index contributed by atoms with van der Waals surface area (Å²) in [5.74, 6) is 0. The van der Waals surface area contributed by atoms with Crippen molar-refractivity contribution in [2.45, 2.75) is 19.3 Å². The Morgan fingerprint density at radius 1 is 0.479 bits per heavy atom. The number of rotatable bonds is 4. The molecule has 10 rings (SSSR count). The van der Waals surface area contributed by atoms with Gasteiger partial charge in [-0.25, -0.2) is 0 Å². The molecule has 2 heterocycles. The van der Waals surface area contributed by atoms with Crippen LogP contribution in [0.3, 0.4) is 0 Å². The summed E-state index contributed by atoms with van der Waals surface area (Å²) < 4.78 is 13.2. The molecule has 3 heteroatoms. The van der Waals surface area contributed by atoms with Crippen molar-refractivity contribution in [1.82, 2.24) is 0 Å². The van der Waals surface area contributed by atoms with E-state index in [1.54, 1.807) is 0 Å². The summed E-state index contributed by atoms with van der Waals surface area (Å²) in [5, 5.41) is 4.34. The third-order valence-corrected chi connectivity index (χ3v) is 10.3. The number of hydrogen-bond acceptors (Lipinski definition) is 3. The van der Waals surface area contributed by atoms with Crippen molar-refractivity contribution in [2.24, 2.45) is 0 Å². The van der Waals surface area contributed by atoms with Crippen LogP contribution in [0.2, 0.25) is 0 Å². The summed E-state index contributed by atoms with van der Waals surface area (Å²) in [6.45, 7) is 4.68. The first-order valence-corrected chi connectivity index (χ1v) is 16.5. The maximum atomic E-state index is 6.91. The fraction of sp³-hybridized carbons (Fsp3) is 0.0667. The molecule has 1 aliphatic carbocycles. The number of furan rings is 2. The van der Waals surface area contributed by atoms with Gasteiger partial charge in [0.2, 0.25) is 0 Å². The van der Waals surface area contributed by atoms with Gasteiger partial charge < -0.3 is 13.7 Å². The van der Waals surface area contributed by atoms with Crippen LogP contribution in [0.15, 0.2) is 160 Å². The molecule has 0 fully saturated rings. The maximum absolute atomic E-state index is 6.91. The van der Waals surface area contributed by atoms with Crippen molar-refractivity contribution in [2.75, 3.05) is 4.90 Å². The van der Waals surface area contributed by atoms with Gasteiger partial charge in [-0.1, -0.05) is 111 Å². The molecule has 0 saturated heterocycles. The van der Waals surface area contributed by atoms with Crippen LogP contribution >= 0.6 is 0 Å². The predicted molar refractivity (Wildman–Crippen MR) is 199 cm³/mol. The maximum Gasteiger partial charge on any atom is 0.145 e. The summed E-state index contributed by atoms with van der Waals surface area (Å²) in [4.78, 5) is 2.39. The van der Waals surface area contributed by atoms with Gasteiger partial charge in [0, 0.05) is 43.9 Å². The van der Waals surface area contributed by atoms with Crippen molar-refractivity contribution >= 4 is 60.9 Å². The fourth-order valence-corrected chi connectivity index (χ4v) is 8.04. The molecule has 0 spiro atoms. The van der Waals surface area contributed by atoms with Gasteiger partial charge in [0.15, 0.2) is 0 Å². The molecule has 0 bridgehead atoms. The zero-order valence-electron chi connectivity index (χ0n) is 26.7. The minimum Gasteiger partial charge on any atom is -0.456 e. The molecule has 1 aliphatic rings. The van der Waals surface area contributed by atoms with Crippen molar-refractivity contribution in [3.63, 3.8) is 0 Å². The van der Waals surface area contributed by atoms with E-state index in [-0.39, 0.29) is 5.41 Å². The average molecular weight is 618 g/mol. The number of benzene rings is 7. The molecule has 0 N–H and O–H groups in total. The van der Waals surface area contributed by atoms with E-state index >= 15 is 0 Å². The summed E-state index contributed by atoms with van der Waals surface area (Å²) >= 11 is 0. The van der Waals surface area contributed by atoms with Gasteiger partial charge in [-0.05, 0) is 82.4 Å². The number of nitrogens with zero attached hydrogens (tertiary/aromatic N) is 1. The second kappa shape index (κ2) is 9.97. The lowest BCUT2D eigenvalue weighted by Gasteiger charge is -2.29. The molecule has 7 aromatic carbocycles. The minimum atomic E-state index is -0.117. The van der Waals surface area contributed by atoms with Crippen LogP contribution in [0.1, 0.15) is 25.0 Å². The van der Waals surface area contributed by atoms with E-state index in [9.17, 15) is 0 Å². The zero-order chi connectivity index (χ0) is 32.0. The highest BCUT2D eigenvalue weighted by Crippen LogP contribution is 2.52. The van der Waals surface area contributed by atoms with Crippen LogP contribution in [0.4, 0.5) is 17.1 Å². The SMILES string of the molecule is CC1(C)c2ccccc2-c2ccc(N(c3ccccc3)c3ccc4c(oc5ccc6oc7ccccc7c6c54)c3-c3ccccc3)cc21. The van der Waals surface area contributed by atoms with Crippen LogP contribution < -0.4 is 4.90 Å². The molecule has 0 aliphatic heterocycles. The third-order valence-electron chi connectivity index (χ3n) is 10.3. The van der Waals surface area contributed by atoms with E-state index in [1.165, 1.54) is 22.3 Å². The molecular formula is C45H31NO2. The molecule has 0 saturated carbocycles. The number of para-hydroxylation sites is 2. The van der Waals surface area contributed by atoms with E-state index in [2.05, 4.69) is 146 Å². The second-order valence-corrected chi connectivity index (χ2v) is 13.3. The second-order valence-electron chi connectivity index (χ2n) is 13.3. The van der Waals surface area contributed by atoms with Crippen LogP contribution in [0.5, 0.6) is 0 Å². The highest BCUT2D eigenvalue weighted by atomic mass is 16.3. The van der Waals surface area contributed by atoms with E-state index in [0.29, 0.717) is 0 Å². The molecule has 48 heavy (non-hydrogen) atoms. The topological polar surface area (TPSA) is 29.5 Å². The van der Waals surface area contributed by atoms with Crippen LogP contribution in [-0.2, 0) is 5.41 Å². The van der Waals surface area contributed by atoms with Crippen molar-refractivity contribution < 1.29 is 8.83 Å². The lowest BCUT2D eigenvalue weighted by molar-refractivity contribution is 0.660. The van der Waals surface area contributed by atoms with E-state index in [1.807, 2.05) is 24.3 Å². The standard InChI is InChI=1S/C45H31NO2/c1-45(2)35-19-11-9-17-31(35)32-22-21-30(27-36(32)45)46(29-15-7-4-8-16-29)37-24-23-34-43-40(48-44(34)41(37)28-13-5-3-6-14-28)26-25-39-42(43)33-18-10-12-20-38(33)47-39/h3-27H,1-2H3. The Morgan fingerprint density at radius 3 is 1.98 bits per heavy atom. The van der Waals surface area contributed by atoms with Gasteiger partial charge in [0.1, 0.15) is 22.3 Å². The monoisotopic (exact) mass is 617 g/mol. The van der Waals surface area contributed by atoms with Crippen LogP contribution in [0.25, 0.3) is 66.1 Å². The normalized spacial score (nSPS) is 13.4. The van der Waals surface area contributed by atoms with Gasteiger partial charge in [-0.3, -0.25) is 0 Å². The Hall–Kier alpha value is -6.06. The van der Waals surface area contributed by atoms with Gasteiger partial charge in [-0.15, -0.1) is 0 Å². The zero-order valence-corrected chi connectivity index (χ0v) is 26.7. The van der Waals surface area contributed by atoms with Gasteiger partial charge >= 0.3 is 0 Å². The Labute approximate surface area is 278 Å². The smallest absolute Gasteiger partial charge is 0.145 e. The number of fused-ring (bicyclic) bond motifs is 10. The molecule has 2 aromatic heterocycles. The summed E-state index contributed by atoms with van der Waals surface area (Å²) in [6, 6.07) is 53.9. The molecule has 9 aromatic rings. The summed E-state index contributed by atoms with van der Waals surface area (Å²) in [7, 11) is 0. The quantitative estimate of drug-likeness (QED) is 0.197. The largest absolute Gasteiger partial charge is 0.456 e. The molecule has 0 unspecified atom stereocenters. The highest BCUT2D eigenvalue weighted by Gasteiger charge is 2.36. The van der Waals surface area contributed by atoms with Crippen molar-refractivity contribution in [1.29, 1.82) is 0 Å². The molecule has 228 valence electrons. The van der Waals surface area contributed by atoms with Gasteiger partial charge in [0.05, 0.1) is 5.69 Å². The molecule has 0 amide bonds. The first-order chi connectivity index (χ1) is 23.6.